The molecule has 0 spiro atoms. The predicted molar refractivity (Wildman–Crippen MR) is 59.3 cm³/mol. The van der Waals surface area contributed by atoms with E-state index in [1.54, 1.807) is 0 Å². The van der Waals surface area contributed by atoms with Crippen LogP contribution < -0.4 is 0 Å². The third kappa shape index (κ3) is 1.82. The molecular formula is C13H20O2. The molecule has 2 heteroatoms. The SMILES string of the molecule is CC(=O)OCCC1=CCC2CC1C2(C)C. The summed E-state index contributed by atoms with van der Waals surface area (Å²) in [4.78, 5) is 10.7. The summed E-state index contributed by atoms with van der Waals surface area (Å²) in [5, 5.41) is 0. The van der Waals surface area contributed by atoms with Gasteiger partial charge in [-0.3, -0.25) is 4.79 Å². The number of esters is 1. The molecule has 0 amide bonds. The molecule has 2 nitrogen and oxygen atoms in total. The molecule has 0 aromatic heterocycles. The Morgan fingerprint density at radius 2 is 2.33 bits per heavy atom. The Kier molecular flexibility index (Phi) is 2.61. The van der Waals surface area contributed by atoms with Crippen molar-refractivity contribution in [3.63, 3.8) is 0 Å². The van der Waals surface area contributed by atoms with Crippen LogP contribution in [0.3, 0.4) is 0 Å². The molecule has 0 aromatic rings. The number of fused-ring (bicyclic) bond motifs is 1. The van der Waals surface area contributed by atoms with E-state index in [0.717, 1.165) is 18.3 Å². The van der Waals surface area contributed by atoms with Crippen LogP contribution in [0, 0.1) is 17.3 Å². The Morgan fingerprint density at radius 1 is 1.60 bits per heavy atom. The Bertz CT molecular complexity index is 302. The second kappa shape index (κ2) is 3.66. The maximum absolute atomic E-state index is 10.7. The van der Waals surface area contributed by atoms with E-state index in [9.17, 15) is 4.79 Å². The van der Waals surface area contributed by atoms with Crippen molar-refractivity contribution in [3.05, 3.63) is 11.6 Å². The van der Waals surface area contributed by atoms with E-state index in [0.29, 0.717) is 12.0 Å². The van der Waals surface area contributed by atoms with E-state index in [2.05, 4.69) is 19.9 Å². The summed E-state index contributed by atoms with van der Waals surface area (Å²) >= 11 is 0. The van der Waals surface area contributed by atoms with Crippen molar-refractivity contribution in [3.8, 4) is 0 Å². The molecule has 2 unspecified atom stereocenters. The monoisotopic (exact) mass is 208 g/mol. The number of ether oxygens (including phenoxy) is 1. The highest BCUT2D eigenvalue weighted by Gasteiger charge is 2.50. The van der Waals surface area contributed by atoms with Gasteiger partial charge in [0.2, 0.25) is 0 Å². The van der Waals surface area contributed by atoms with Crippen molar-refractivity contribution < 1.29 is 9.53 Å². The average molecular weight is 208 g/mol. The van der Waals surface area contributed by atoms with E-state index in [1.807, 2.05) is 0 Å². The molecule has 0 heterocycles. The molecule has 0 aliphatic heterocycles. The highest BCUT2D eigenvalue weighted by atomic mass is 16.5. The van der Waals surface area contributed by atoms with Crippen LogP contribution in [0.25, 0.3) is 0 Å². The average Bonchev–Trinajstić information content (AvgIpc) is 2.17. The van der Waals surface area contributed by atoms with Crippen LogP contribution in [0.1, 0.15) is 40.0 Å². The summed E-state index contributed by atoms with van der Waals surface area (Å²) in [6, 6.07) is 0. The fraction of sp³-hybridized carbons (Fsp3) is 0.769. The topological polar surface area (TPSA) is 26.3 Å². The number of carbonyl (C=O) groups is 1. The fourth-order valence-corrected chi connectivity index (χ4v) is 3.07. The largest absolute Gasteiger partial charge is 0.466 e. The highest BCUT2D eigenvalue weighted by molar-refractivity contribution is 5.65. The van der Waals surface area contributed by atoms with Gasteiger partial charge in [-0.2, -0.15) is 0 Å². The molecule has 84 valence electrons. The van der Waals surface area contributed by atoms with E-state index < -0.39 is 0 Å². The molecule has 3 aliphatic carbocycles. The number of carbonyl (C=O) groups excluding carboxylic acids is 1. The van der Waals surface area contributed by atoms with Crippen LogP contribution in [0.5, 0.6) is 0 Å². The van der Waals surface area contributed by atoms with Crippen LogP contribution in [0.4, 0.5) is 0 Å². The molecule has 15 heavy (non-hydrogen) atoms. The maximum Gasteiger partial charge on any atom is 0.302 e. The molecule has 2 atom stereocenters. The lowest BCUT2D eigenvalue weighted by molar-refractivity contribution is -0.141. The van der Waals surface area contributed by atoms with E-state index >= 15 is 0 Å². The van der Waals surface area contributed by atoms with Crippen molar-refractivity contribution in [1.82, 2.24) is 0 Å². The number of hydrogen-bond donors (Lipinski definition) is 0. The number of hydrogen-bond acceptors (Lipinski definition) is 2. The van der Waals surface area contributed by atoms with Crippen molar-refractivity contribution in [2.45, 2.75) is 40.0 Å². The van der Waals surface area contributed by atoms with Crippen molar-refractivity contribution in [2.75, 3.05) is 6.61 Å². The second-order valence-electron chi connectivity index (χ2n) is 5.41. The maximum atomic E-state index is 10.7. The van der Waals surface area contributed by atoms with Crippen LogP contribution in [0.2, 0.25) is 0 Å². The van der Waals surface area contributed by atoms with Gasteiger partial charge in [0, 0.05) is 13.3 Å². The molecule has 0 saturated heterocycles. The molecular weight excluding hydrogens is 188 g/mol. The second-order valence-corrected chi connectivity index (χ2v) is 5.41. The molecule has 0 N–H and O–H groups in total. The molecule has 2 bridgehead atoms. The van der Waals surface area contributed by atoms with Gasteiger partial charge >= 0.3 is 5.97 Å². The van der Waals surface area contributed by atoms with Crippen LogP contribution in [-0.2, 0) is 9.53 Å². The summed E-state index contributed by atoms with van der Waals surface area (Å²) < 4.78 is 5.00. The summed E-state index contributed by atoms with van der Waals surface area (Å²) in [5.74, 6) is 1.46. The molecule has 1 fully saturated rings. The van der Waals surface area contributed by atoms with Gasteiger partial charge in [0.1, 0.15) is 0 Å². The first-order valence-corrected chi connectivity index (χ1v) is 5.84. The first kappa shape index (κ1) is 10.7. The van der Waals surface area contributed by atoms with Crippen molar-refractivity contribution in [1.29, 1.82) is 0 Å². The lowest BCUT2D eigenvalue weighted by Crippen LogP contribution is -2.48. The zero-order valence-corrected chi connectivity index (χ0v) is 9.88. The number of allylic oxidation sites excluding steroid dienone is 1. The van der Waals surface area contributed by atoms with Gasteiger partial charge in [-0.25, -0.2) is 0 Å². The van der Waals surface area contributed by atoms with Gasteiger partial charge in [0.25, 0.3) is 0 Å². The van der Waals surface area contributed by atoms with Gasteiger partial charge in [-0.15, -0.1) is 0 Å². The Balaban J connectivity index is 1.88. The zero-order chi connectivity index (χ0) is 11.1. The minimum Gasteiger partial charge on any atom is -0.466 e. The predicted octanol–water partition coefficient (Wildman–Crippen LogP) is 2.93. The van der Waals surface area contributed by atoms with Crippen LogP contribution in [-0.4, -0.2) is 12.6 Å². The zero-order valence-electron chi connectivity index (χ0n) is 9.88. The summed E-state index contributed by atoms with van der Waals surface area (Å²) in [7, 11) is 0. The van der Waals surface area contributed by atoms with Gasteiger partial charge in [0.05, 0.1) is 6.61 Å². The minimum absolute atomic E-state index is 0.169. The van der Waals surface area contributed by atoms with Crippen LogP contribution in [0.15, 0.2) is 11.6 Å². The molecule has 3 aliphatic rings. The standard InChI is InChI=1S/C13H20O2/c1-9(14)15-7-6-10-4-5-11-8-12(10)13(11,2)3/h4,11-12H,5-8H2,1-3H3. The smallest absolute Gasteiger partial charge is 0.302 e. The van der Waals surface area contributed by atoms with Crippen molar-refractivity contribution >= 4 is 5.97 Å². The quantitative estimate of drug-likeness (QED) is 0.526. The van der Waals surface area contributed by atoms with Crippen LogP contribution >= 0.6 is 0 Å². The fourth-order valence-electron chi connectivity index (χ4n) is 3.07. The summed E-state index contributed by atoms with van der Waals surface area (Å²) in [6.45, 7) is 6.76. The van der Waals surface area contributed by atoms with Gasteiger partial charge < -0.3 is 4.74 Å². The molecule has 1 saturated carbocycles. The Hall–Kier alpha value is -0.790. The summed E-state index contributed by atoms with van der Waals surface area (Å²) in [5.41, 5.74) is 2.00. The lowest BCUT2D eigenvalue weighted by Gasteiger charge is -2.56. The van der Waals surface area contributed by atoms with Crippen molar-refractivity contribution in [2.24, 2.45) is 17.3 Å². The molecule has 0 aromatic carbocycles. The first-order valence-electron chi connectivity index (χ1n) is 5.84. The van der Waals surface area contributed by atoms with E-state index in [1.165, 1.54) is 25.3 Å². The normalized spacial score (nSPS) is 31.5. The Labute approximate surface area is 91.7 Å². The molecule has 0 radical (unpaired) electrons. The highest BCUT2D eigenvalue weighted by Crippen LogP contribution is 2.59. The van der Waals surface area contributed by atoms with E-state index in [4.69, 9.17) is 4.74 Å². The number of rotatable bonds is 3. The van der Waals surface area contributed by atoms with Gasteiger partial charge in [-0.1, -0.05) is 25.5 Å². The lowest BCUT2D eigenvalue weighted by atomic mass is 9.48. The third-order valence-corrected chi connectivity index (χ3v) is 4.28. The van der Waals surface area contributed by atoms with E-state index in [-0.39, 0.29) is 5.97 Å². The van der Waals surface area contributed by atoms with Gasteiger partial charge in [-0.05, 0) is 30.1 Å². The third-order valence-electron chi connectivity index (χ3n) is 4.28. The van der Waals surface area contributed by atoms with Gasteiger partial charge in [0.15, 0.2) is 0 Å². The first-order chi connectivity index (χ1) is 7.01. The summed E-state index contributed by atoms with van der Waals surface area (Å²) in [6.07, 6.45) is 5.87. The minimum atomic E-state index is -0.169. The molecule has 3 rings (SSSR count). The Morgan fingerprint density at radius 3 is 2.87 bits per heavy atom.